The van der Waals surface area contributed by atoms with E-state index in [0.717, 1.165) is 6.07 Å². The number of pyridine rings is 1. The zero-order valence-electron chi connectivity index (χ0n) is 18.8. The summed E-state index contributed by atoms with van der Waals surface area (Å²) in [5, 5.41) is 12.4. The average molecular weight is 520 g/mol. The van der Waals surface area contributed by atoms with E-state index in [0.29, 0.717) is 23.4 Å². The molecule has 2 heterocycles. The second-order valence-corrected chi connectivity index (χ2v) is 10.7. The number of benzene rings is 2. The Bertz CT molecular complexity index is 1490. The van der Waals surface area contributed by atoms with E-state index >= 15 is 0 Å². The van der Waals surface area contributed by atoms with Gasteiger partial charge in [-0.05, 0) is 43.3 Å². The number of hydrogen-bond acceptors (Lipinski definition) is 7. The number of phenolic OH excluding ortho intramolecular Hbond substituents is 1. The van der Waals surface area contributed by atoms with Gasteiger partial charge in [0, 0.05) is 19.2 Å². The highest BCUT2D eigenvalue weighted by atomic mass is 32.2. The second kappa shape index (κ2) is 9.26. The highest BCUT2D eigenvalue weighted by Gasteiger charge is 2.43. The number of phenols is 1. The molecule has 4 rings (SSSR count). The van der Waals surface area contributed by atoms with Crippen molar-refractivity contribution in [3.63, 3.8) is 0 Å². The molecular weight excluding hydrogens is 499 g/mol. The molecule has 2 aromatic carbocycles. The standard InChI is InChI=1S/C24H20F3N3O5S/c1-23(12-21-30-17-7-3-5-9-19(17)35-21,14-29-22(32)16-6-2-4-8-18(16)31)36(33,34)15-10-11-20(28-13-15)24(25,26)27/h2-11,13,31H,12,14H2,1H3,(H,29,32). The SMILES string of the molecule is CC(CNC(=O)c1ccccc1O)(Cc1nc2ccccc2o1)S(=O)(=O)c1ccc(C(F)(F)F)nc1. The first kappa shape index (κ1) is 25.2. The van der Waals surface area contributed by atoms with E-state index in [1.807, 2.05) is 0 Å². The molecule has 36 heavy (non-hydrogen) atoms. The number of halogens is 3. The predicted octanol–water partition coefficient (Wildman–Crippen LogP) is 4.15. The van der Waals surface area contributed by atoms with Crippen molar-refractivity contribution in [1.29, 1.82) is 0 Å². The maximum absolute atomic E-state index is 13.7. The van der Waals surface area contributed by atoms with E-state index < -0.39 is 43.8 Å². The Morgan fingerprint density at radius 1 is 1.06 bits per heavy atom. The van der Waals surface area contributed by atoms with Crippen LogP contribution >= 0.6 is 0 Å². The van der Waals surface area contributed by atoms with Crippen LogP contribution in [0.1, 0.15) is 28.9 Å². The van der Waals surface area contributed by atoms with E-state index in [1.54, 1.807) is 24.3 Å². The van der Waals surface area contributed by atoms with Crippen LogP contribution in [0.25, 0.3) is 11.1 Å². The van der Waals surface area contributed by atoms with Gasteiger partial charge in [-0.25, -0.2) is 13.4 Å². The Morgan fingerprint density at radius 2 is 1.75 bits per heavy atom. The molecular formula is C24H20F3N3O5S. The number of fused-ring (bicyclic) bond motifs is 1. The maximum atomic E-state index is 13.7. The van der Waals surface area contributed by atoms with Gasteiger partial charge in [0.15, 0.2) is 21.3 Å². The Balaban J connectivity index is 1.70. The van der Waals surface area contributed by atoms with E-state index in [1.165, 1.54) is 31.2 Å². The minimum atomic E-state index is -4.74. The van der Waals surface area contributed by atoms with Crippen molar-refractivity contribution in [3.8, 4) is 5.75 Å². The van der Waals surface area contributed by atoms with Crippen molar-refractivity contribution in [2.45, 2.75) is 29.2 Å². The maximum Gasteiger partial charge on any atom is 0.433 e. The molecule has 1 amide bonds. The lowest BCUT2D eigenvalue weighted by molar-refractivity contribution is -0.141. The van der Waals surface area contributed by atoms with E-state index in [-0.39, 0.29) is 23.6 Å². The Labute approximate surface area is 203 Å². The summed E-state index contributed by atoms with van der Waals surface area (Å²) in [7, 11) is -4.39. The van der Waals surface area contributed by atoms with Crippen LogP contribution in [0, 0.1) is 0 Å². The molecule has 188 valence electrons. The van der Waals surface area contributed by atoms with Crippen molar-refractivity contribution in [2.24, 2.45) is 0 Å². The Kier molecular flexibility index (Phi) is 6.48. The second-order valence-electron chi connectivity index (χ2n) is 8.28. The first-order chi connectivity index (χ1) is 16.9. The molecule has 0 saturated carbocycles. The molecule has 1 atom stereocenters. The zero-order chi connectivity index (χ0) is 26.1. The first-order valence-electron chi connectivity index (χ1n) is 10.6. The van der Waals surface area contributed by atoms with Gasteiger partial charge in [0.25, 0.3) is 5.91 Å². The number of hydrogen-bond donors (Lipinski definition) is 2. The molecule has 4 aromatic rings. The topological polar surface area (TPSA) is 122 Å². The van der Waals surface area contributed by atoms with Crippen molar-refractivity contribution < 1.29 is 35.9 Å². The van der Waals surface area contributed by atoms with Crippen LogP contribution in [0.5, 0.6) is 5.75 Å². The summed E-state index contributed by atoms with van der Waals surface area (Å²) in [6.07, 6.45) is -4.42. The van der Waals surface area contributed by atoms with E-state index in [4.69, 9.17) is 4.42 Å². The third-order valence-corrected chi connectivity index (χ3v) is 8.07. The van der Waals surface area contributed by atoms with Crippen LogP contribution in [-0.2, 0) is 22.4 Å². The molecule has 0 bridgehead atoms. The van der Waals surface area contributed by atoms with Gasteiger partial charge < -0.3 is 14.8 Å². The van der Waals surface area contributed by atoms with Crippen molar-refractivity contribution in [3.05, 3.63) is 84.0 Å². The number of sulfone groups is 1. The van der Waals surface area contributed by atoms with Crippen LogP contribution in [0.2, 0.25) is 0 Å². The Hall–Kier alpha value is -3.93. The van der Waals surface area contributed by atoms with Crippen molar-refractivity contribution >= 4 is 26.8 Å². The fraction of sp³-hybridized carbons (Fsp3) is 0.208. The summed E-state index contributed by atoms with van der Waals surface area (Å²) < 4.78 is 70.0. The number of para-hydroxylation sites is 3. The van der Waals surface area contributed by atoms with Gasteiger partial charge in [0.2, 0.25) is 0 Å². The zero-order valence-corrected chi connectivity index (χ0v) is 19.6. The smallest absolute Gasteiger partial charge is 0.433 e. The summed E-state index contributed by atoms with van der Waals surface area (Å²) in [5.41, 5.74) is -0.409. The van der Waals surface area contributed by atoms with Crippen molar-refractivity contribution in [2.75, 3.05) is 6.54 Å². The molecule has 0 radical (unpaired) electrons. The number of aromatic hydroxyl groups is 1. The summed E-state index contributed by atoms with van der Waals surface area (Å²) in [6.45, 7) is 0.849. The molecule has 12 heteroatoms. The van der Waals surface area contributed by atoms with Gasteiger partial charge in [0.05, 0.1) is 15.2 Å². The van der Waals surface area contributed by atoms with Crippen LogP contribution < -0.4 is 5.32 Å². The number of rotatable bonds is 7. The van der Waals surface area contributed by atoms with Gasteiger partial charge >= 0.3 is 6.18 Å². The molecule has 8 nitrogen and oxygen atoms in total. The van der Waals surface area contributed by atoms with E-state index in [9.17, 15) is 31.5 Å². The van der Waals surface area contributed by atoms with Crippen LogP contribution in [-0.4, -0.2) is 40.7 Å². The highest BCUT2D eigenvalue weighted by molar-refractivity contribution is 7.92. The number of amides is 1. The summed E-state index contributed by atoms with van der Waals surface area (Å²) in [5.74, 6) is -0.984. The average Bonchev–Trinajstić information content (AvgIpc) is 3.24. The predicted molar refractivity (Wildman–Crippen MR) is 123 cm³/mol. The van der Waals surface area contributed by atoms with Crippen LogP contribution in [0.15, 0.2) is 76.2 Å². The molecule has 0 spiro atoms. The molecule has 2 N–H and O–H groups in total. The summed E-state index contributed by atoms with van der Waals surface area (Å²) >= 11 is 0. The highest BCUT2D eigenvalue weighted by Crippen LogP contribution is 2.32. The minimum Gasteiger partial charge on any atom is -0.507 e. The number of carbonyl (C=O) groups is 1. The third kappa shape index (κ3) is 4.89. The fourth-order valence-corrected chi connectivity index (χ4v) is 5.17. The third-order valence-electron chi connectivity index (χ3n) is 5.62. The lowest BCUT2D eigenvalue weighted by Crippen LogP contribution is -2.48. The normalized spacial score (nSPS) is 13.9. The molecule has 0 fully saturated rings. The molecule has 1 unspecified atom stereocenters. The fourth-order valence-electron chi connectivity index (χ4n) is 3.59. The monoisotopic (exact) mass is 519 g/mol. The van der Waals surface area contributed by atoms with Gasteiger partial charge in [-0.2, -0.15) is 13.2 Å². The quantitative estimate of drug-likeness (QED) is 0.376. The molecule has 2 aromatic heterocycles. The molecule has 0 aliphatic carbocycles. The van der Waals surface area contributed by atoms with Gasteiger partial charge in [-0.15, -0.1) is 0 Å². The van der Waals surface area contributed by atoms with Crippen LogP contribution in [0.4, 0.5) is 13.2 Å². The van der Waals surface area contributed by atoms with Crippen LogP contribution in [0.3, 0.4) is 0 Å². The van der Waals surface area contributed by atoms with E-state index in [2.05, 4.69) is 15.3 Å². The number of aromatic nitrogens is 2. The van der Waals surface area contributed by atoms with Gasteiger partial charge in [0.1, 0.15) is 17.0 Å². The lowest BCUT2D eigenvalue weighted by Gasteiger charge is -2.28. The molecule has 0 aliphatic rings. The lowest BCUT2D eigenvalue weighted by atomic mass is 10.1. The summed E-state index contributed by atoms with van der Waals surface area (Å²) in [6, 6.07) is 13.9. The number of alkyl halides is 3. The number of nitrogens with one attached hydrogen (secondary N) is 1. The largest absolute Gasteiger partial charge is 0.507 e. The number of oxazole rings is 1. The Morgan fingerprint density at radius 3 is 2.39 bits per heavy atom. The van der Waals surface area contributed by atoms with Gasteiger partial charge in [-0.1, -0.05) is 24.3 Å². The molecule has 0 aliphatic heterocycles. The van der Waals surface area contributed by atoms with Crippen molar-refractivity contribution in [1.82, 2.24) is 15.3 Å². The molecule has 0 saturated heterocycles. The van der Waals surface area contributed by atoms with Gasteiger partial charge in [-0.3, -0.25) is 9.78 Å². The number of nitrogens with zero attached hydrogens (tertiary/aromatic N) is 2. The number of carbonyl (C=O) groups excluding carboxylic acids is 1. The minimum absolute atomic E-state index is 0.0546. The first-order valence-corrected chi connectivity index (χ1v) is 12.1. The summed E-state index contributed by atoms with van der Waals surface area (Å²) in [4.78, 5) is 19.8.